The van der Waals surface area contributed by atoms with Crippen LogP contribution < -0.4 is 14.2 Å². The first-order chi connectivity index (χ1) is 15.2. The first kappa shape index (κ1) is 19.5. The molecule has 3 aromatic rings. The maximum Gasteiger partial charge on any atom is 0.268 e. The van der Waals surface area contributed by atoms with Crippen LogP contribution in [0.5, 0.6) is 17.2 Å². The van der Waals surface area contributed by atoms with Gasteiger partial charge in [0.2, 0.25) is 6.10 Å². The molecule has 0 bridgehead atoms. The van der Waals surface area contributed by atoms with Crippen molar-refractivity contribution in [3.8, 4) is 17.2 Å². The van der Waals surface area contributed by atoms with Gasteiger partial charge in [0.25, 0.3) is 5.91 Å². The number of hydrogen-bond donors (Lipinski definition) is 0. The van der Waals surface area contributed by atoms with E-state index in [0.717, 1.165) is 24.0 Å². The molecule has 2 aliphatic rings. The van der Waals surface area contributed by atoms with Crippen molar-refractivity contribution in [2.24, 2.45) is 0 Å². The number of carbonyl (C=O) groups excluding carboxylic acids is 1. The Kier molecular flexibility index (Phi) is 4.81. The highest BCUT2D eigenvalue weighted by atomic mass is 16.5. The van der Waals surface area contributed by atoms with Gasteiger partial charge in [-0.05, 0) is 29.5 Å². The standard InChI is InChI=1S/C26H25NO4/c1-29-20-15-21(30-2)17-22(16-20)31-24-25(28)27-14-8-10-18-9-6-7-13-23(18)26(24,27)19-11-4-3-5-12-19/h3-7,9,11-13,15-17,24H,8,10,14H2,1-2H3/t24-,26+/m1/s1. The van der Waals surface area contributed by atoms with Crippen LogP contribution in [-0.2, 0) is 16.8 Å². The number of nitrogens with zero attached hydrogens (tertiary/aromatic N) is 1. The molecule has 2 aliphatic heterocycles. The van der Waals surface area contributed by atoms with Crippen molar-refractivity contribution >= 4 is 5.91 Å². The molecule has 0 saturated carbocycles. The molecule has 5 nitrogen and oxygen atoms in total. The SMILES string of the molecule is COc1cc(OC)cc(O[C@@H]2C(=O)N3CCCc4ccccc4[C@@]23c2ccccc2)c1. The van der Waals surface area contributed by atoms with Gasteiger partial charge in [-0.15, -0.1) is 0 Å². The lowest BCUT2D eigenvalue weighted by Gasteiger charge is -2.57. The van der Waals surface area contributed by atoms with Crippen molar-refractivity contribution < 1.29 is 19.0 Å². The van der Waals surface area contributed by atoms with Crippen molar-refractivity contribution in [2.45, 2.75) is 24.5 Å². The topological polar surface area (TPSA) is 48.0 Å². The van der Waals surface area contributed by atoms with Crippen LogP contribution in [0.1, 0.15) is 23.1 Å². The van der Waals surface area contributed by atoms with Gasteiger partial charge >= 0.3 is 0 Å². The highest BCUT2D eigenvalue weighted by molar-refractivity contribution is 5.93. The van der Waals surface area contributed by atoms with E-state index in [2.05, 4.69) is 30.3 Å². The van der Waals surface area contributed by atoms with Gasteiger partial charge in [0, 0.05) is 24.7 Å². The molecule has 2 atom stereocenters. The maximum absolute atomic E-state index is 13.4. The first-order valence-corrected chi connectivity index (χ1v) is 10.5. The number of hydrogen-bond acceptors (Lipinski definition) is 4. The number of ether oxygens (including phenoxy) is 3. The normalized spacial score (nSPS) is 21.9. The van der Waals surface area contributed by atoms with Gasteiger partial charge in [0.15, 0.2) is 0 Å². The lowest BCUT2D eigenvalue weighted by atomic mass is 9.69. The van der Waals surface area contributed by atoms with E-state index in [1.165, 1.54) is 5.56 Å². The molecule has 3 aromatic carbocycles. The minimum Gasteiger partial charge on any atom is -0.496 e. The largest absolute Gasteiger partial charge is 0.496 e. The van der Waals surface area contributed by atoms with Gasteiger partial charge in [-0.2, -0.15) is 0 Å². The second-order valence-corrected chi connectivity index (χ2v) is 7.93. The Hall–Kier alpha value is -3.47. The lowest BCUT2D eigenvalue weighted by Crippen LogP contribution is -2.74. The molecule has 1 fully saturated rings. The Morgan fingerprint density at radius 3 is 2.23 bits per heavy atom. The van der Waals surface area contributed by atoms with Crippen molar-refractivity contribution in [2.75, 3.05) is 20.8 Å². The zero-order chi connectivity index (χ0) is 21.4. The zero-order valence-corrected chi connectivity index (χ0v) is 17.7. The van der Waals surface area contributed by atoms with E-state index >= 15 is 0 Å². The summed E-state index contributed by atoms with van der Waals surface area (Å²) >= 11 is 0. The fraction of sp³-hybridized carbons (Fsp3) is 0.269. The minimum absolute atomic E-state index is 0.00217. The summed E-state index contributed by atoms with van der Waals surface area (Å²) in [7, 11) is 3.20. The molecule has 1 amide bonds. The molecule has 5 heteroatoms. The van der Waals surface area contributed by atoms with Crippen LogP contribution in [-0.4, -0.2) is 37.7 Å². The van der Waals surface area contributed by atoms with E-state index < -0.39 is 11.6 Å². The Labute approximate surface area is 182 Å². The Morgan fingerprint density at radius 1 is 0.871 bits per heavy atom. The van der Waals surface area contributed by atoms with Crippen LogP contribution in [0, 0.1) is 0 Å². The number of amides is 1. The van der Waals surface area contributed by atoms with Crippen LogP contribution in [0.25, 0.3) is 0 Å². The van der Waals surface area contributed by atoms with Gasteiger partial charge in [-0.25, -0.2) is 0 Å². The second kappa shape index (κ2) is 7.65. The summed E-state index contributed by atoms with van der Waals surface area (Å²) < 4.78 is 17.2. The number of benzene rings is 3. The lowest BCUT2D eigenvalue weighted by molar-refractivity contribution is -0.176. The van der Waals surface area contributed by atoms with Crippen LogP contribution in [0.2, 0.25) is 0 Å². The van der Waals surface area contributed by atoms with E-state index in [-0.39, 0.29) is 5.91 Å². The average Bonchev–Trinajstić information content (AvgIpc) is 2.98. The third kappa shape index (κ3) is 2.95. The third-order valence-electron chi connectivity index (χ3n) is 6.34. The van der Waals surface area contributed by atoms with E-state index in [1.807, 2.05) is 29.2 Å². The van der Waals surface area contributed by atoms with Crippen LogP contribution in [0.4, 0.5) is 0 Å². The van der Waals surface area contributed by atoms with Gasteiger partial charge in [0.05, 0.1) is 14.2 Å². The minimum atomic E-state index is -0.675. The summed E-state index contributed by atoms with van der Waals surface area (Å²) in [5, 5.41) is 0. The molecule has 1 saturated heterocycles. The molecule has 158 valence electrons. The molecule has 0 unspecified atom stereocenters. The quantitative estimate of drug-likeness (QED) is 0.587. The molecule has 0 radical (unpaired) electrons. The number of methoxy groups -OCH3 is 2. The molecule has 2 heterocycles. The Bertz CT molecular complexity index is 1090. The van der Waals surface area contributed by atoms with Crippen molar-refractivity contribution in [1.29, 1.82) is 0 Å². The van der Waals surface area contributed by atoms with Gasteiger partial charge in [-0.1, -0.05) is 54.6 Å². The van der Waals surface area contributed by atoms with Crippen molar-refractivity contribution in [3.05, 3.63) is 89.5 Å². The van der Waals surface area contributed by atoms with E-state index in [1.54, 1.807) is 32.4 Å². The average molecular weight is 415 g/mol. The predicted molar refractivity (Wildman–Crippen MR) is 118 cm³/mol. The molecule has 5 rings (SSSR count). The van der Waals surface area contributed by atoms with Gasteiger partial charge in [-0.3, -0.25) is 4.79 Å². The summed E-state index contributed by atoms with van der Waals surface area (Å²) in [6.45, 7) is 0.698. The number of aryl methyl sites for hydroxylation is 1. The summed E-state index contributed by atoms with van der Waals surface area (Å²) in [6.07, 6.45) is 1.19. The van der Waals surface area contributed by atoms with Gasteiger partial charge < -0.3 is 19.1 Å². The summed E-state index contributed by atoms with van der Waals surface area (Å²) in [6, 6.07) is 24.0. The molecule has 0 spiro atoms. The number of carbonyl (C=O) groups is 1. The highest BCUT2D eigenvalue weighted by Crippen LogP contribution is 2.51. The monoisotopic (exact) mass is 415 g/mol. The molecule has 31 heavy (non-hydrogen) atoms. The fourth-order valence-corrected chi connectivity index (χ4v) is 4.96. The summed E-state index contributed by atoms with van der Waals surface area (Å²) in [5.74, 6) is 1.79. The number of β-lactam (4-membered cyclic amide) rings is 1. The molecule has 0 aliphatic carbocycles. The fourth-order valence-electron chi connectivity index (χ4n) is 4.96. The van der Waals surface area contributed by atoms with Crippen LogP contribution in [0.15, 0.2) is 72.8 Å². The van der Waals surface area contributed by atoms with Crippen molar-refractivity contribution in [1.82, 2.24) is 4.90 Å². The second-order valence-electron chi connectivity index (χ2n) is 7.93. The first-order valence-electron chi connectivity index (χ1n) is 10.5. The van der Waals surface area contributed by atoms with Crippen molar-refractivity contribution in [3.63, 3.8) is 0 Å². The van der Waals surface area contributed by atoms with E-state index in [9.17, 15) is 4.79 Å². The summed E-state index contributed by atoms with van der Waals surface area (Å²) in [5.41, 5.74) is 2.79. The predicted octanol–water partition coefficient (Wildman–Crippen LogP) is 4.18. The molecule has 0 N–H and O–H groups in total. The Morgan fingerprint density at radius 2 is 1.52 bits per heavy atom. The molecule has 0 aromatic heterocycles. The van der Waals surface area contributed by atoms with E-state index in [0.29, 0.717) is 23.8 Å². The number of rotatable bonds is 5. The van der Waals surface area contributed by atoms with Gasteiger partial charge in [0.1, 0.15) is 22.8 Å². The Balaban J connectivity index is 1.67. The van der Waals surface area contributed by atoms with E-state index in [4.69, 9.17) is 14.2 Å². The number of fused-ring (bicyclic) bond motifs is 3. The zero-order valence-electron chi connectivity index (χ0n) is 17.7. The maximum atomic E-state index is 13.4. The smallest absolute Gasteiger partial charge is 0.268 e. The molecular weight excluding hydrogens is 390 g/mol. The summed E-state index contributed by atoms with van der Waals surface area (Å²) in [4.78, 5) is 15.4. The molecular formula is C26H25NO4. The highest BCUT2D eigenvalue weighted by Gasteiger charge is 2.64. The van der Waals surface area contributed by atoms with Crippen LogP contribution >= 0.6 is 0 Å². The van der Waals surface area contributed by atoms with Crippen LogP contribution in [0.3, 0.4) is 0 Å². The third-order valence-corrected chi connectivity index (χ3v) is 6.34.